The highest BCUT2D eigenvalue weighted by atomic mass is 16.6. The summed E-state index contributed by atoms with van der Waals surface area (Å²) in [5.74, 6) is 1.85. The van der Waals surface area contributed by atoms with Crippen LogP contribution in [-0.2, 0) is 37.2 Å². The van der Waals surface area contributed by atoms with Crippen LogP contribution in [0, 0.1) is 5.41 Å². The first-order chi connectivity index (χ1) is 19.8. The van der Waals surface area contributed by atoms with Crippen molar-refractivity contribution in [3.63, 3.8) is 0 Å². The summed E-state index contributed by atoms with van der Waals surface area (Å²) >= 11 is 0. The smallest absolute Gasteiger partial charge is 0.411 e. The van der Waals surface area contributed by atoms with E-state index in [0.717, 1.165) is 45.7 Å². The Bertz CT molecular complexity index is 715. The van der Waals surface area contributed by atoms with Gasteiger partial charge >= 0.3 is 28.5 Å². The van der Waals surface area contributed by atoms with Crippen LogP contribution in [0.25, 0.3) is 0 Å². The Morgan fingerprint density at radius 2 is 0.930 bits per heavy atom. The molecule has 4 aliphatic heterocycles. The van der Waals surface area contributed by atoms with E-state index in [0.29, 0.717) is 41.6 Å². The molecule has 0 amide bonds. The average molecular weight is 610 g/mol. The molecule has 0 bridgehead atoms. The summed E-state index contributed by atoms with van der Waals surface area (Å²) < 4.78 is 44.3. The largest absolute Gasteiger partial charge is 0.460 e. The lowest BCUT2D eigenvalue weighted by Crippen LogP contribution is -2.47. The van der Waals surface area contributed by atoms with Crippen LogP contribution in [0.5, 0.6) is 0 Å². The van der Waals surface area contributed by atoms with Crippen molar-refractivity contribution in [1.29, 1.82) is 0 Å². The van der Waals surface area contributed by atoms with Crippen LogP contribution >= 0.6 is 0 Å². The van der Waals surface area contributed by atoms with Crippen molar-refractivity contribution in [3.05, 3.63) is 0 Å². The molecule has 0 aromatic rings. The summed E-state index contributed by atoms with van der Waals surface area (Å²) in [4.78, 5) is 0. The van der Waals surface area contributed by atoms with Gasteiger partial charge in [-0.15, -0.1) is 0 Å². The first-order valence-corrected chi connectivity index (χ1v) is 16.9. The monoisotopic (exact) mass is 611 g/mol. The summed E-state index contributed by atoms with van der Waals surface area (Å²) in [5, 5.41) is 0. The Labute approximate surface area is 267 Å². The lowest BCUT2D eigenvalue weighted by atomic mass is 9.71. The minimum Gasteiger partial charge on any atom is -0.411 e. The second-order valence-corrected chi connectivity index (χ2v) is 15.5. The van der Waals surface area contributed by atoms with Gasteiger partial charge < -0.3 is 37.2 Å². The fraction of sp³-hybridized carbons (Fsp3) is 1.00. The minimum absolute atomic E-state index is 0.00810. The molecule has 0 aliphatic carbocycles. The second-order valence-electron chi connectivity index (χ2n) is 15.5. The third kappa shape index (κ3) is 17.4. The van der Waals surface area contributed by atoms with Crippen molar-refractivity contribution >= 4 is 28.5 Å². The molecular weight excluding hydrogens is 544 g/mol. The van der Waals surface area contributed by atoms with E-state index in [1.807, 2.05) is 0 Å². The van der Waals surface area contributed by atoms with Gasteiger partial charge in [-0.1, -0.05) is 69.2 Å². The van der Waals surface area contributed by atoms with Crippen LogP contribution in [0.2, 0.25) is 23.3 Å². The molecule has 250 valence electrons. The fourth-order valence-electron chi connectivity index (χ4n) is 5.02. The molecule has 4 saturated heterocycles. The SMILES string of the molecule is CC(C)B1OCC(C)(C)CO1.CC(C)B1OCCCO1.CC1CC(C)(C)OB(C(C)C)O1.CC1CC(C)OB(C(C)C)O1. The zero-order valence-electron chi connectivity index (χ0n) is 30.6. The molecule has 4 aliphatic rings. The van der Waals surface area contributed by atoms with Crippen LogP contribution < -0.4 is 0 Å². The quantitative estimate of drug-likeness (QED) is 0.298. The molecule has 3 atom stereocenters. The van der Waals surface area contributed by atoms with Gasteiger partial charge in [0.15, 0.2) is 0 Å². The van der Waals surface area contributed by atoms with Crippen molar-refractivity contribution in [2.75, 3.05) is 26.4 Å². The molecule has 3 unspecified atom stereocenters. The van der Waals surface area contributed by atoms with Gasteiger partial charge in [-0.05, 0) is 77.2 Å². The van der Waals surface area contributed by atoms with E-state index in [-0.39, 0.29) is 39.5 Å². The van der Waals surface area contributed by atoms with Crippen molar-refractivity contribution in [2.24, 2.45) is 5.41 Å². The van der Waals surface area contributed by atoms with E-state index in [1.54, 1.807) is 0 Å². The van der Waals surface area contributed by atoms with Gasteiger partial charge in [0.05, 0.1) is 5.60 Å². The van der Waals surface area contributed by atoms with Gasteiger partial charge in [0.2, 0.25) is 0 Å². The van der Waals surface area contributed by atoms with Crippen LogP contribution in [0.15, 0.2) is 0 Å². The van der Waals surface area contributed by atoms with E-state index in [9.17, 15) is 0 Å². The van der Waals surface area contributed by atoms with Crippen molar-refractivity contribution in [1.82, 2.24) is 0 Å². The molecule has 43 heavy (non-hydrogen) atoms. The van der Waals surface area contributed by atoms with Crippen molar-refractivity contribution in [3.8, 4) is 0 Å². The highest BCUT2D eigenvalue weighted by Crippen LogP contribution is 2.30. The maximum absolute atomic E-state index is 5.78. The predicted molar refractivity (Wildman–Crippen MR) is 182 cm³/mol. The van der Waals surface area contributed by atoms with Crippen molar-refractivity contribution < 1.29 is 37.2 Å². The molecule has 4 heterocycles. The molecule has 0 aromatic heterocycles. The Morgan fingerprint density at radius 3 is 1.30 bits per heavy atom. The molecule has 0 spiro atoms. The predicted octanol–water partition coefficient (Wildman–Crippen LogP) is 7.87. The zero-order chi connectivity index (χ0) is 33.0. The van der Waals surface area contributed by atoms with Gasteiger partial charge in [-0.3, -0.25) is 0 Å². The van der Waals surface area contributed by atoms with E-state index in [1.165, 1.54) is 0 Å². The minimum atomic E-state index is -0.0243. The lowest BCUT2D eigenvalue weighted by molar-refractivity contribution is -0.0314. The summed E-state index contributed by atoms with van der Waals surface area (Å²) in [6.07, 6.45) is 4.07. The molecule has 8 nitrogen and oxygen atoms in total. The highest BCUT2D eigenvalue weighted by molar-refractivity contribution is 6.47. The van der Waals surface area contributed by atoms with E-state index in [2.05, 4.69) is 104 Å². The third-order valence-corrected chi connectivity index (χ3v) is 7.28. The van der Waals surface area contributed by atoms with Crippen LogP contribution in [-0.4, -0.2) is 78.8 Å². The Hall–Kier alpha value is -0.0603. The molecule has 12 heteroatoms. The molecule has 0 N–H and O–H groups in total. The lowest BCUT2D eigenvalue weighted by Gasteiger charge is -2.39. The molecule has 4 rings (SSSR count). The fourth-order valence-corrected chi connectivity index (χ4v) is 5.02. The number of hydrogen-bond acceptors (Lipinski definition) is 8. The molecule has 0 saturated carbocycles. The average Bonchev–Trinajstić information content (AvgIpc) is 2.88. The first-order valence-electron chi connectivity index (χ1n) is 16.9. The van der Waals surface area contributed by atoms with Gasteiger partial charge in [-0.25, -0.2) is 0 Å². The Morgan fingerprint density at radius 1 is 0.535 bits per heavy atom. The molecule has 0 radical (unpaired) electrons. The van der Waals surface area contributed by atoms with Crippen LogP contribution in [0.3, 0.4) is 0 Å². The van der Waals surface area contributed by atoms with Gasteiger partial charge in [0.25, 0.3) is 0 Å². The van der Waals surface area contributed by atoms with Gasteiger partial charge in [0, 0.05) is 50.2 Å². The number of rotatable bonds is 4. The first kappa shape index (κ1) is 41.0. The summed E-state index contributed by atoms with van der Waals surface area (Å²) in [6, 6.07) is 0. The third-order valence-electron chi connectivity index (χ3n) is 7.28. The Balaban J connectivity index is 0.000000288. The summed E-state index contributed by atoms with van der Waals surface area (Å²) in [5.41, 5.74) is 0.179. The molecule has 4 fully saturated rings. The number of hydrogen-bond donors (Lipinski definition) is 0. The van der Waals surface area contributed by atoms with Gasteiger partial charge in [0.1, 0.15) is 0 Å². The molecular formula is C31H66B4O8. The van der Waals surface area contributed by atoms with Crippen LogP contribution in [0.4, 0.5) is 0 Å². The second kappa shape index (κ2) is 19.6. The highest BCUT2D eigenvalue weighted by Gasteiger charge is 2.38. The van der Waals surface area contributed by atoms with E-state index in [4.69, 9.17) is 37.2 Å². The normalized spacial score (nSPS) is 27.3. The van der Waals surface area contributed by atoms with E-state index >= 15 is 0 Å². The van der Waals surface area contributed by atoms with E-state index < -0.39 is 0 Å². The topological polar surface area (TPSA) is 73.8 Å². The summed E-state index contributed by atoms with van der Waals surface area (Å²) in [7, 11) is 0.0549. The summed E-state index contributed by atoms with van der Waals surface area (Å²) in [6.45, 7) is 35.2. The standard InChI is InChI=1S/C9H19BO2.2C8H17BO2.C6H13BO2/c1-7(2)10-11-8(3)6-9(4,5)12-10;1-7(2)9-10-5-8(3,4)6-11-9;1-6(2)9-10-7(3)5-8(4)11-9;1-6(2)7-8-4-3-5-9-7/h7-8H,6H2,1-5H3;7H,5-6H2,1-4H3;6-8H,5H2,1-4H3;6H,3-5H2,1-2H3. The maximum atomic E-state index is 5.78. The maximum Gasteiger partial charge on any atom is 0.460 e. The van der Waals surface area contributed by atoms with Crippen molar-refractivity contribution in [2.45, 2.75) is 170 Å². The Kier molecular flexibility index (Phi) is 18.6. The molecule has 0 aromatic carbocycles. The van der Waals surface area contributed by atoms with Crippen LogP contribution in [0.1, 0.15) is 123 Å². The van der Waals surface area contributed by atoms with Gasteiger partial charge in [-0.2, -0.15) is 0 Å². The zero-order valence-corrected chi connectivity index (χ0v) is 30.6.